The lowest BCUT2D eigenvalue weighted by molar-refractivity contribution is -0.136. The van der Waals surface area contributed by atoms with Crippen molar-refractivity contribution < 1.29 is 19.1 Å². The summed E-state index contributed by atoms with van der Waals surface area (Å²) < 4.78 is 5.01. The highest BCUT2D eigenvalue weighted by atomic mass is 16.5. The van der Waals surface area contributed by atoms with Crippen molar-refractivity contribution >= 4 is 29.1 Å². The Morgan fingerprint density at radius 2 is 1.60 bits per heavy atom. The predicted molar refractivity (Wildman–Crippen MR) is 94.4 cm³/mol. The minimum atomic E-state index is -0.893. The molecule has 0 spiro atoms. The number of para-hydroxylation sites is 1. The fourth-order valence-electron chi connectivity index (χ4n) is 2.01. The Kier molecular flexibility index (Phi) is 6.11. The molecule has 3 amide bonds. The number of ether oxygens (including phenoxy) is 1. The Balaban J connectivity index is 1.81. The van der Waals surface area contributed by atoms with Gasteiger partial charge in [0.2, 0.25) is 5.91 Å². The van der Waals surface area contributed by atoms with Gasteiger partial charge in [-0.05, 0) is 42.8 Å². The lowest BCUT2D eigenvalue weighted by atomic mass is 10.2. The Labute approximate surface area is 145 Å². The number of nitrogens with one attached hydrogen (secondary N) is 3. The number of aryl methyl sites for hydroxylation is 1. The van der Waals surface area contributed by atoms with Crippen molar-refractivity contribution in [3.63, 3.8) is 0 Å². The van der Waals surface area contributed by atoms with Gasteiger partial charge in [0.05, 0.1) is 13.7 Å². The molecule has 2 rings (SSSR count). The lowest BCUT2D eigenvalue weighted by Crippen LogP contribution is -2.39. The average Bonchev–Trinajstić information content (AvgIpc) is 2.62. The van der Waals surface area contributed by atoms with Crippen LogP contribution in [0.3, 0.4) is 0 Å². The van der Waals surface area contributed by atoms with Gasteiger partial charge in [0, 0.05) is 11.4 Å². The molecule has 7 nitrogen and oxygen atoms in total. The predicted octanol–water partition coefficient (Wildman–Crippen LogP) is 1.70. The number of rotatable bonds is 5. The van der Waals surface area contributed by atoms with Crippen LogP contribution in [0.4, 0.5) is 11.4 Å². The van der Waals surface area contributed by atoms with Crippen molar-refractivity contribution in [3.8, 4) is 5.75 Å². The highest BCUT2D eigenvalue weighted by Crippen LogP contribution is 2.15. The smallest absolute Gasteiger partial charge is 0.313 e. The van der Waals surface area contributed by atoms with E-state index in [1.807, 2.05) is 19.1 Å². The van der Waals surface area contributed by atoms with Gasteiger partial charge in [0.1, 0.15) is 5.75 Å². The number of carbonyl (C=O) groups is 3. The second kappa shape index (κ2) is 8.49. The van der Waals surface area contributed by atoms with Crippen molar-refractivity contribution in [1.82, 2.24) is 5.32 Å². The van der Waals surface area contributed by atoms with Crippen molar-refractivity contribution in [2.75, 3.05) is 24.3 Å². The van der Waals surface area contributed by atoms with Gasteiger partial charge in [-0.3, -0.25) is 14.4 Å². The maximum absolute atomic E-state index is 11.8. The topological polar surface area (TPSA) is 96.5 Å². The van der Waals surface area contributed by atoms with Crippen LogP contribution in [0.2, 0.25) is 0 Å². The van der Waals surface area contributed by atoms with E-state index in [4.69, 9.17) is 4.74 Å². The summed E-state index contributed by atoms with van der Waals surface area (Å²) in [5.41, 5.74) is 2.01. The number of anilines is 2. The van der Waals surface area contributed by atoms with Crippen LogP contribution in [0.1, 0.15) is 5.56 Å². The fraction of sp³-hybridized carbons (Fsp3) is 0.167. The van der Waals surface area contributed by atoms with Crippen LogP contribution in [0, 0.1) is 6.92 Å². The van der Waals surface area contributed by atoms with Gasteiger partial charge >= 0.3 is 11.8 Å². The molecule has 0 saturated heterocycles. The van der Waals surface area contributed by atoms with E-state index in [9.17, 15) is 14.4 Å². The number of benzene rings is 2. The third-order valence-corrected chi connectivity index (χ3v) is 3.38. The van der Waals surface area contributed by atoms with E-state index in [1.54, 1.807) is 36.4 Å². The number of hydrogen-bond acceptors (Lipinski definition) is 4. The Morgan fingerprint density at radius 3 is 2.24 bits per heavy atom. The van der Waals surface area contributed by atoms with Gasteiger partial charge in [-0.1, -0.05) is 18.2 Å². The molecule has 0 aliphatic heterocycles. The van der Waals surface area contributed by atoms with Crippen LogP contribution in [-0.2, 0) is 14.4 Å². The highest BCUT2D eigenvalue weighted by molar-refractivity contribution is 6.39. The summed E-state index contributed by atoms with van der Waals surface area (Å²) in [5, 5.41) is 7.38. The zero-order valence-electron chi connectivity index (χ0n) is 14.0. The zero-order valence-corrected chi connectivity index (χ0v) is 14.0. The first-order valence-electron chi connectivity index (χ1n) is 7.58. The van der Waals surface area contributed by atoms with Crippen LogP contribution in [-0.4, -0.2) is 31.4 Å². The summed E-state index contributed by atoms with van der Waals surface area (Å²) in [4.78, 5) is 35.4. The Hall–Kier alpha value is -3.35. The summed E-state index contributed by atoms with van der Waals surface area (Å²) in [6.45, 7) is 1.56. The van der Waals surface area contributed by atoms with E-state index < -0.39 is 17.7 Å². The molecule has 2 aromatic rings. The van der Waals surface area contributed by atoms with E-state index in [-0.39, 0.29) is 6.54 Å². The molecule has 0 heterocycles. The SMILES string of the molecule is COc1ccc(NC(=O)C(=O)NCC(=O)Nc2ccccc2C)cc1. The van der Waals surface area contributed by atoms with Gasteiger partial charge < -0.3 is 20.7 Å². The second-order valence-corrected chi connectivity index (χ2v) is 5.23. The fourth-order valence-corrected chi connectivity index (χ4v) is 2.01. The zero-order chi connectivity index (χ0) is 18.2. The van der Waals surface area contributed by atoms with Gasteiger partial charge in [-0.2, -0.15) is 0 Å². The van der Waals surface area contributed by atoms with Crippen molar-refractivity contribution in [3.05, 3.63) is 54.1 Å². The van der Waals surface area contributed by atoms with Crippen LogP contribution < -0.4 is 20.7 Å². The first-order chi connectivity index (χ1) is 12.0. The van der Waals surface area contributed by atoms with Crippen LogP contribution in [0.5, 0.6) is 5.75 Å². The minimum absolute atomic E-state index is 0.302. The van der Waals surface area contributed by atoms with Gasteiger partial charge in [-0.25, -0.2) is 0 Å². The molecular formula is C18H19N3O4. The Morgan fingerprint density at radius 1 is 0.920 bits per heavy atom. The number of methoxy groups -OCH3 is 1. The van der Waals surface area contributed by atoms with E-state index >= 15 is 0 Å². The van der Waals surface area contributed by atoms with Crippen LogP contribution in [0.25, 0.3) is 0 Å². The molecular weight excluding hydrogens is 322 g/mol. The van der Waals surface area contributed by atoms with Gasteiger partial charge in [0.15, 0.2) is 0 Å². The molecule has 0 radical (unpaired) electrons. The molecule has 0 fully saturated rings. The van der Waals surface area contributed by atoms with Gasteiger partial charge in [-0.15, -0.1) is 0 Å². The molecule has 25 heavy (non-hydrogen) atoms. The average molecular weight is 341 g/mol. The summed E-state index contributed by atoms with van der Waals surface area (Å²) in [7, 11) is 1.53. The van der Waals surface area contributed by atoms with E-state index in [0.29, 0.717) is 17.1 Å². The maximum Gasteiger partial charge on any atom is 0.313 e. The number of amides is 3. The molecule has 0 aromatic heterocycles. The Bertz CT molecular complexity index is 772. The first kappa shape index (κ1) is 18.0. The molecule has 0 saturated carbocycles. The number of hydrogen-bond donors (Lipinski definition) is 3. The van der Waals surface area contributed by atoms with Crippen LogP contribution in [0.15, 0.2) is 48.5 Å². The molecule has 130 valence electrons. The normalized spacial score (nSPS) is 9.84. The molecule has 0 aliphatic rings. The van der Waals surface area contributed by atoms with E-state index in [2.05, 4.69) is 16.0 Å². The second-order valence-electron chi connectivity index (χ2n) is 5.23. The van der Waals surface area contributed by atoms with Crippen molar-refractivity contribution in [1.29, 1.82) is 0 Å². The largest absolute Gasteiger partial charge is 0.497 e. The highest BCUT2D eigenvalue weighted by Gasteiger charge is 2.15. The summed E-state index contributed by atoms with van der Waals surface area (Å²) in [6.07, 6.45) is 0. The molecule has 0 unspecified atom stereocenters. The summed E-state index contributed by atoms with van der Waals surface area (Å²) in [6, 6.07) is 13.8. The third-order valence-electron chi connectivity index (χ3n) is 3.38. The standard InChI is InChI=1S/C18H19N3O4/c1-12-5-3-4-6-15(12)21-16(22)11-19-17(23)18(24)20-13-7-9-14(25-2)10-8-13/h3-10H,11H2,1-2H3,(H,19,23)(H,20,24)(H,21,22). The maximum atomic E-state index is 11.8. The lowest BCUT2D eigenvalue weighted by Gasteiger charge is -2.09. The van der Waals surface area contributed by atoms with Crippen molar-refractivity contribution in [2.24, 2.45) is 0 Å². The number of carbonyl (C=O) groups excluding carboxylic acids is 3. The van der Waals surface area contributed by atoms with Gasteiger partial charge in [0.25, 0.3) is 0 Å². The van der Waals surface area contributed by atoms with E-state index in [1.165, 1.54) is 7.11 Å². The molecule has 0 bridgehead atoms. The minimum Gasteiger partial charge on any atom is -0.497 e. The quantitative estimate of drug-likeness (QED) is 0.721. The molecule has 0 atom stereocenters. The molecule has 7 heteroatoms. The van der Waals surface area contributed by atoms with Crippen molar-refractivity contribution in [2.45, 2.75) is 6.92 Å². The summed E-state index contributed by atoms with van der Waals surface area (Å²) >= 11 is 0. The monoisotopic (exact) mass is 341 g/mol. The van der Waals surface area contributed by atoms with E-state index in [0.717, 1.165) is 5.56 Å². The molecule has 0 aliphatic carbocycles. The molecule has 3 N–H and O–H groups in total. The first-order valence-corrected chi connectivity index (χ1v) is 7.58. The molecule has 2 aromatic carbocycles. The third kappa shape index (κ3) is 5.35. The summed E-state index contributed by atoms with van der Waals surface area (Å²) in [5.74, 6) is -1.53. The van der Waals surface area contributed by atoms with Crippen LogP contribution >= 0.6 is 0 Å².